The van der Waals surface area contributed by atoms with Crippen LogP contribution in [-0.2, 0) is 4.79 Å². The van der Waals surface area contributed by atoms with E-state index in [-0.39, 0.29) is 17.9 Å². The summed E-state index contributed by atoms with van der Waals surface area (Å²) < 4.78 is 0. The number of carbonyl (C=O) groups excluding carboxylic acids is 1. The average Bonchev–Trinajstić information content (AvgIpc) is 2.50. The van der Waals surface area contributed by atoms with Crippen molar-refractivity contribution in [2.45, 2.75) is 39.2 Å². The molecule has 0 fully saturated rings. The minimum Gasteiger partial charge on any atom is -0.353 e. The number of rotatable bonds is 5. The quantitative estimate of drug-likeness (QED) is 0.912. The first-order chi connectivity index (χ1) is 10.1. The van der Waals surface area contributed by atoms with Gasteiger partial charge in [-0.25, -0.2) is 0 Å². The number of benzene rings is 1. The Kier molecular flexibility index (Phi) is 5.09. The molecule has 1 aromatic heterocycles. The highest BCUT2D eigenvalue weighted by atomic mass is 16.1. The Labute approximate surface area is 126 Å². The van der Waals surface area contributed by atoms with Crippen molar-refractivity contribution in [3.8, 4) is 0 Å². The highest BCUT2D eigenvalue weighted by Crippen LogP contribution is 2.26. The number of pyridine rings is 1. The number of nitrogens with one attached hydrogen (secondary N) is 1. The van der Waals surface area contributed by atoms with E-state index in [0.29, 0.717) is 0 Å². The van der Waals surface area contributed by atoms with Crippen molar-refractivity contribution >= 4 is 5.91 Å². The van der Waals surface area contributed by atoms with Crippen LogP contribution in [0.5, 0.6) is 0 Å². The van der Waals surface area contributed by atoms with Gasteiger partial charge in [-0.2, -0.15) is 0 Å². The van der Waals surface area contributed by atoms with E-state index >= 15 is 0 Å². The molecule has 0 radical (unpaired) electrons. The summed E-state index contributed by atoms with van der Waals surface area (Å²) in [5.41, 5.74) is 2.90. The number of hydrogen-bond acceptors (Lipinski definition) is 2. The highest BCUT2D eigenvalue weighted by molar-refractivity contribution is 5.87. The molecular formula is C18H22N2O. The molecule has 0 aliphatic carbocycles. The normalized spacial score (nSPS) is 13.5. The van der Waals surface area contributed by atoms with Gasteiger partial charge < -0.3 is 5.32 Å². The van der Waals surface area contributed by atoms with Crippen LogP contribution in [0.2, 0.25) is 0 Å². The van der Waals surface area contributed by atoms with Crippen molar-refractivity contribution in [1.82, 2.24) is 10.3 Å². The van der Waals surface area contributed by atoms with Crippen molar-refractivity contribution in [3.63, 3.8) is 0 Å². The lowest BCUT2D eigenvalue weighted by Crippen LogP contribution is -2.36. The third-order valence-electron chi connectivity index (χ3n) is 3.75. The minimum atomic E-state index is -0.360. The first-order valence-electron chi connectivity index (χ1n) is 7.40. The number of amides is 1. The van der Waals surface area contributed by atoms with Gasteiger partial charge in [-0.15, -0.1) is 0 Å². The van der Waals surface area contributed by atoms with E-state index in [9.17, 15) is 4.79 Å². The molecule has 2 rings (SSSR count). The van der Waals surface area contributed by atoms with Gasteiger partial charge in [0.05, 0.1) is 5.69 Å². The minimum absolute atomic E-state index is 0.0114. The van der Waals surface area contributed by atoms with Gasteiger partial charge in [0.2, 0.25) is 5.91 Å². The molecule has 0 saturated carbocycles. The molecule has 0 saturated heterocycles. The van der Waals surface area contributed by atoms with Gasteiger partial charge in [0.25, 0.3) is 0 Å². The van der Waals surface area contributed by atoms with Crippen molar-refractivity contribution < 1.29 is 4.79 Å². The molecule has 0 aliphatic rings. The monoisotopic (exact) mass is 282 g/mol. The van der Waals surface area contributed by atoms with Crippen LogP contribution in [0.15, 0.2) is 48.7 Å². The summed E-state index contributed by atoms with van der Waals surface area (Å²) >= 11 is 0. The van der Waals surface area contributed by atoms with Gasteiger partial charge in [0.15, 0.2) is 0 Å². The van der Waals surface area contributed by atoms with Gasteiger partial charge in [0, 0.05) is 12.2 Å². The van der Waals surface area contributed by atoms with E-state index in [1.165, 1.54) is 0 Å². The molecule has 0 bridgehead atoms. The lowest BCUT2D eigenvalue weighted by atomic mass is 9.90. The summed E-state index contributed by atoms with van der Waals surface area (Å²) in [6.07, 6.45) is 2.64. The second kappa shape index (κ2) is 7.02. The molecule has 0 aliphatic heterocycles. The zero-order valence-corrected chi connectivity index (χ0v) is 12.8. The summed E-state index contributed by atoms with van der Waals surface area (Å²) in [6.45, 7) is 6.11. The summed E-state index contributed by atoms with van der Waals surface area (Å²) in [4.78, 5) is 17.1. The number of carbonyl (C=O) groups is 1. The topological polar surface area (TPSA) is 42.0 Å². The molecule has 1 heterocycles. The van der Waals surface area contributed by atoms with Crippen LogP contribution in [0.4, 0.5) is 0 Å². The molecular weight excluding hydrogens is 260 g/mol. The van der Waals surface area contributed by atoms with E-state index in [0.717, 1.165) is 23.2 Å². The zero-order chi connectivity index (χ0) is 15.2. The summed E-state index contributed by atoms with van der Waals surface area (Å²) in [5.74, 6) is -0.348. The number of aryl methyl sites for hydroxylation is 1. The molecule has 2 atom stereocenters. The number of nitrogens with zero attached hydrogens (tertiary/aromatic N) is 1. The summed E-state index contributed by atoms with van der Waals surface area (Å²) in [5, 5.41) is 3.07. The van der Waals surface area contributed by atoms with Crippen molar-refractivity contribution in [3.05, 3.63) is 65.5 Å². The molecule has 21 heavy (non-hydrogen) atoms. The van der Waals surface area contributed by atoms with E-state index in [1.807, 2.05) is 56.3 Å². The second-order valence-electron chi connectivity index (χ2n) is 5.36. The van der Waals surface area contributed by atoms with Crippen molar-refractivity contribution in [1.29, 1.82) is 0 Å². The molecule has 3 nitrogen and oxygen atoms in total. The molecule has 1 aromatic carbocycles. The molecule has 1 N–H and O–H groups in total. The lowest BCUT2D eigenvalue weighted by molar-refractivity contribution is -0.122. The smallest absolute Gasteiger partial charge is 0.233 e. The predicted octanol–water partition coefficient (Wildman–Crippen LogP) is 3.44. The average molecular weight is 282 g/mol. The van der Waals surface area contributed by atoms with Crippen LogP contribution in [-0.4, -0.2) is 16.9 Å². The van der Waals surface area contributed by atoms with Crippen LogP contribution in [0, 0.1) is 6.92 Å². The summed E-state index contributed by atoms with van der Waals surface area (Å²) in [6, 6.07) is 13.8. The van der Waals surface area contributed by atoms with E-state index in [2.05, 4.69) is 17.2 Å². The maximum Gasteiger partial charge on any atom is 0.233 e. The van der Waals surface area contributed by atoms with Gasteiger partial charge in [-0.3, -0.25) is 9.78 Å². The van der Waals surface area contributed by atoms with Crippen molar-refractivity contribution in [2.75, 3.05) is 0 Å². The van der Waals surface area contributed by atoms with Crippen LogP contribution in [0.25, 0.3) is 0 Å². The number of aromatic nitrogens is 1. The third kappa shape index (κ3) is 3.69. The Morgan fingerprint density at radius 3 is 2.52 bits per heavy atom. The Morgan fingerprint density at radius 2 is 1.90 bits per heavy atom. The lowest BCUT2D eigenvalue weighted by Gasteiger charge is -2.21. The summed E-state index contributed by atoms with van der Waals surface area (Å²) in [7, 11) is 0. The predicted molar refractivity (Wildman–Crippen MR) is 85.2 cm³/mol. The Morgan fingerprint density at radius 1 is 1.19 bits per heavy atom. The SMILES string of the molecule is CCC(C)NC(=O)C(c1ccccn1)c1ccccc1C. The highest BCUT2D eigenvalue weighted by Gasteiger charge is 2.25. The molecule has 2 aromatic rings. The first kappa shape index (κ1) is 15.2. The second-order valence-corrected chi connectivity index (χ2v) is 5.36. The molecule has 0 spiro atoms. The fourth-order valence-electron chi connectivity index (χ4n) is 2.32. The fraction of sp³-hybridized carbons (Fsp3) is 0.333. The van der Waals surface area contributed by atoms with E-state index < -0.39 is 0 Å². The van der Waals surface area contributed by atoms with Crippen LogP contribution >= 0.6 is 0 Å². The Hall–Kier alpha value is -2.16. The fourth-order valence-corrected chi connectivity index (χ4v) is 2.32. The van der Waals surface area contributed by atoms with Gasteiger partial charge in [0.1, 0.15) is 5.92 Å². The Bertz CT molecular complexity index is 595. The van der Waals surface area contributed by atoms with Crippen molar-refractivity contribution in [2.24, 2.45) is 0 Å². The molecule has 3 heteroatoms. The van der Waals surface area contributed by atoms with Crippen LogP contribution in [0.3, 0.4) is 0 Å². The van der Waals surface area contributed by atoms with Gasteiger partial charge in [-0.1, -0.05) is 37.3 Å². The Balaban J connectivity index is 2.41. The van der Waals surface area contributed by atoms with E-state index in [4.69, 9.17) is 0 Å². The maximum atomic E-state index is 12.7. The maximum absolute atomic E-state index is 12.7. The number of hydrogen-bond donors (Lipinski definition) is 1. The largest absolute Gasteiger partial charge is 0.353 e. The van der Waals surface area contributed by atoms with Gasteiger partial charge in [-0.05, 0) is 43.5 Å². The third-order valence-corrected chi connectivity index (χ3v) is 3.75. The first-order valence-corrected chi connectivity index (χ1v) is 7.40. The standard InChI is InChI=1S/C18H22N2O/c1-4-14(3)20-18(21)17(16-11-7-8-12-19-16)15-10-6-5-9-13(15)2/h5-12,14,17H,4H2,1-3H3,(H,20,21). The molecule has 1 amide bonds. The molecule has 110 valence electrons. The molecule has 2 unspecified atom stereocenters. The van der Waals surface area contributed by atoms with Gasteiger partial charge >= 0.3 is 0 Å². The van der Waals surface area contributed by atoms with E-state index in [1.54, 1.807) is 6.20 Å². The van der Waals surface area contributed by atoms with Crippen LogP contribution in [0.1, 0.15) is 43.0 Å². The van der Waals surface area contributed by atoms with Crippen LogP contribution < -0.4 is 5.32 Å². The zero-order valence-electron chi connectivity index (χ0n) is 12.8.